The van der Waals surface area contributed by atoms with E-state index in [0.717, 1.165) is 19.4 Å². The van der Waals surface area contributed by atoms with Crippen LogP contribution >= 0.6 is 0 Å². The van der Waals surface area contributed by atoms with Crippen molar-refractivity contribution in [1.82, 2.24) is 10.2 Å². The molecule has 3 heteroatoms. The molecule has 2 aliphatic rings. The fraction of sp³-hybridized carbons (Fsp3) is 0.500. The Hall–Kier alpha value is -1.25. The van der Waals surface area contributed by atoms with E-state index in [9.17, 15) is 4.79 Å². The van der Waals surface area contributed by atoms with Crippen LogP contribution in [0.2, 0.25) is 0 Å². The van der Waals surface area contributed by atoms with Gasteiger partial charge >= 0.3 is 0 Å². The molecule has 0 aliphatic carbocycles. The topological polar surface area (TPSA) is 32.3 Å². The second-order valence-electron chi connectivity index (χ2n) is 3.33. The predicted molar refractivity (Wildman–Crippen MR) is 49.4 cm³/mol. The summed E-state index contributed by atoms with van der Waals surface area (Å²) in [7, 11) is 0. The molecule has 2 aliphatic heterocycles. The van der Waals surface area contributed by atoms with Gasteiger partial charge in [0.25, 0.3) is 0 Å². The highest BCUT2D eigenvalue weighted by molar-refractivity contribution is 5.77. The normalized spacial score (nSPS) is 27.5. The number of carbonyl (C=O) groups excluding carboxylic acids is 1. The van der Waals surface area contributed by atoms with E-state index in [1.807, 2.05) is 23.1 Å². The zero-order chi connectivity index (χ0) is 9.10. The first kappa shape index (κ1) is 8.35. The number of amides is 1. The number of dihydropyridines is 1. The van der Waals surface area contributed by atoms with E-state index in [4.69, 9.17) is 0 Å². The molecule has 0 saturated carbocycles. The van der Waals surface area contributed by atoms with Gasteiger partial charge in [-0.1, -0.05) is 6.08 Å². The highest BCUT2D eigenvalue weighted by atomic mass is 16.2. The maximum absolute atomic E-state index is 11.5. The zero-order valence-corrected chi connectivity index (χ0v) is 7.49. The largest absolute Gasteiger partial charge is 0.360 e. The molecular formula is C10H13N2O. The van der Waals surface area contributed by atoms with Gasteiger partial charge in [-0.15, -0.1) is 0 Å². The van der Waals surface area contributed by atoms with E-state index in [1.54, 1.807) is 0 Å². The van der Waals surface area contributed by atoms with Crippen LogP contribution in [0.4, 0.5) is 0 Å². The molecule has 0 aromatic carbocycles. The van der Waals surface area contributed by atoms with Crippen molar-refractivity contribution in [3.8, 4) is 0 Å². The van der Waals surface area contributed by atoms with Crippen molar-refractivity contribution in [2.24, 2.45) is 0 Å². The van der Waals surface area contributed by atoms with Crippen LogP contribution in [0.3, 0.4) is 0 Å². The number of hydrogen-bond acceptors (Lipinski definition) is 2. The van der Waals surface area contributed by atoms with Crippen molar-refractivity contribution < 1.29 is 4.79 Å². The highest BCUT2D eigenvalue weighted by Gasteiger charge is 2.23. The van der Waals surface area contributed by atoms with Gasteiger partial charge in [-0.3, -0.25) is 4.79 Å². The van der Waals surface area contributed by atoms with Crippen molar-refractivity contribution in [1.29, 1.82) is 0 Å². The predicted octanol–water partition coefficient (Wildman–Crippen LogP) is 0.801. The monoisotopic (exact) mass is 177 g/mol. The maximum atomic E-state index is 11.5. The summed E-state index contributed by atoms with van der Waals surface area (Å²) >= 11 is 0. The highest BCUT2D eigenvalue weighted by Crippen LogP contribution is 2.14. The Morgan fingerprint density at radius 1 is 1.54 bits per heavy atom. The molecule has 1 N–H and O–H groups in total. The molecule has 1 radical (unpaired) electrons. The lowest BCUT2D eigenvalue weighted by Crippen LogP contribution is -2.48. The SMILES string of the molecule is O=C1CCCCN1C1C=CC=[C]N1. The van der Waals surface area contributed by atoms with Gasteiger partial charge in [-0.05, 0) is 25.0 Å². The number of nitrogens with one attached hydrogen (secondary N) is 1. The van der Waals surface area contributed by atoms with Gasteiger partial charge in [0.05, 0.1) is 6.20 Å². The van der Waals surface area contributed by atoms with Crippen molar-refractivity contribution in [3.63, 3.8) is 0 Å². The number of rotatable bonds is 1. The van der Waals surface area contributed by atoms with Gasteiger partial charge in [0.1, 0.15) is 6.17 Å². The fourth-order valence-electron chi connectivity index (χ4n) is 1.69. The standard InChI is InChI=1S/C10H13N2O/c13-10-6-2-4-8-12(10)9-5-1-3-7-11-9/h1,3,5,9,11H,2,4,6,8H2. The molecule has 1 amide bonds. The number of allylic oxidation sites excluding steroid dienone is 2. The first-order valence-electron chi connectivity index (χ1n) is 4.68. The Labute approximate surface area is 78.1 Å². The van der Waals surface area contributed by atoms with Crippen molar-refractivity contribution in [3.05, 3.63) is 24.4 Å². The van der Waals surface area contributed by atoms with Crippen LogP contribution in [0.25, 0.3) is 0 Å². The maximum Gasteiger partial charge on any atom is 0.224 e. The van der Waals surface area contributed by atoms with E-state index < -0.39 is 0 Å². The molecule has 0 spiro atoms. The lowest BCUT2D eigenvalue weighted by atomic mass is 10.1. The summed E-state index contributed by atoms with van der Waals surface area (Å²) < 4.78 is 0. The number of likely N-dealkylation sites (tertiary alicyclic amines) is 1. The van der Waals surface area contributed by atoms with Crippen LogP contribution < -0.4 is 5.32 Å². The summed E-state index contributed by atoms with van der Waals surface area (Å²) in [6.45, 7) is 0.864. The van der Waals surface area contributed by atoms with Gasteiger partial charge < -0.3 is 10.2 Å². The van der Waals surface area contributed by atoms with Crippen molar-refractivity contribution in [2.75, 3.05) is 6.54 Å². The van der Waals surface area contributed by atoms with E-state index in [0.29, 0.717) is 6.42 Å². The van der Waals surface area contributed by atoms with Crippen LogP contribution in [-0.2, 0) is 4.79 Å². The molecule has 1 unspecified atom stereocenters. The lowest BCUT2D eigenvalue weighted by molar-refractivity contribution is -0.135. The third-order valence-electron chi connectivity index (χ3n) is 2.40. The summed E-state index contributed by atoms with van der Waals surface area (Å²) in [6.07, 6.45) is 11.5. The first-order chi connectivity index (χ1) is 6.38. The van der Waals surface area contributed by atoms with E-state index in [1.165, 1.54) is 0 Å². The average Bonchev–Trinajstić information content (AvgIpc) is 2.20. The second-order valence-corrected chi connectivity index (χ2v) is 3.33. The van der Waals surface area contributed by atoms with E-state index in [-0.39, 0.29) is 12.1 Å². The van der Waals surface area contributed by atoms with E-state index >= 15 is 0 Å². The lowest BCUT2D eigenvalue weighted by Gasteiger charge is -2.33. The smallest absolute Gasteiger partial charge is 0.224 e. The summed E-state index contributed by atoms with van der Waals surface area (Å²) in [6, 6.07) is 0. The van der Waals surface area contributed by atoms with Gasteiger partial charge in [-0.25, -0.2) is 0 Å². The Balaban J connectivity index is 2.02. The molecule has 0 aromatic heterocycles. The molecule has 1 fully saturated rings. The third kappa shape index (κ3) is 1.74. The summed E-state index contributed by atoms with van der Waals surface area (Å²) in [4.78, 5) is 13.4. The van der Waals surface area contributed by atoms with Crippen molar-refractivity contribution in [2.45, 2.75) is 25.4 Å². The van der Waals surface area contributed by atoms with Crippen LogP contribution in [0.15, 0.2) is 18.2 Å². The average molecular weight is 177 g/mol. The molecule has 69 valence electrons. The molecule has 2 heterocycles. The zero-order valence-electron chi connectivity index (χ0n) is 7.49. The summed E-state index contributed by atoms with van der Waals surface area (Å²) in [5.41, 5.74) is 0. The molecule has 1 saturated heterocycles. The Kier molecular flexibility index (Phi) is 2.34. The summed E-state index contributed by atoms with van der Waals surface area (Å²) in [5.74, 6) is 0.247. The molecule has 13 heavy (non-hydrogen) atoms. The first-order valence-corrected chi connectivity index (χ1v) is 4.68. The van der Waals surface area contributed by atoms with Gasteiger partial charge in [0.15, 0.2) is 0 Å². The third-order valence-corrected chi connectivity index (χ3v) is 2.40. The fourth-order valence-corrected chi connectivity index (χ4v) is 1.69. The number of hydrogen-bond donors (Lipinski definition) is 1. The van der Waals surface area contributed by atoms with Crippen LogP contribution in [-0.4, -0.2) is 23.5 Å². The summed E-state index contributed by atoms with van der Waals surface area (Å²) in [5, 5.41) is 3.03. The van der Waals surface area contributed by atoms with Crippen molar-refractivity contribution >= 4 is 5.91 Å². The number of nitrogens with zero attached hydrogens (tertiary/aromatic N) is 1. The van der Waals surface area contributed by atoms with Crippen LogP contribution in [0, 0.1) is 6.20 Å². The van der Waals surface area contributed by atoms with Gasteiger partial charge in [0, 0.05) is 13.0 Å². The number of piperidine rings is 1. The Morgan fingerprint density at radius 2 is 2.46 bits per heavy atom. The minimum atomic E-state index is 0.0257. The molecule has 3 nitrogen and oxygen atoms in total. The quantitative estimate of drug-likeness (QED) is 0.642. The second kappa shape index (κ2) is 3.64. The molecule has 2 rings (SSSR count). The minimum Gasteiger partial charge on any atom is -0.360 e. The van der Waals surface area contributed by atoms with Gasteiger partial charge in [-0.2, -0.15) is 0 Å². The van der Waals surface area contributed by atoms with Crippen LogP contribution in [0.1, 0.15) is 19.3 Å². The molecule has 1 atom stereocenters. The molecule has 0 aromatic rings. The molecular weight excluding hydrogens is 164 g/mol. The Morgan fingerprint density at radius 3 is 3.15 bits per heavy atom. The Bertz CT molecular complexity index is 258. The number of carbonyl (C=O) groups is 1. The van der Waals surface area contributed by atoms with Crippen LogP contribution in [0.5, 0.6) is 0 Å². The minimum absolute atomic E-state index is 0.0257. The van der Waals surface area contributed by atoms with Gasteiger partial charge in [0.2, 0.25) is 5.91 Å². The molecule has 0 bridgehead atoms. The van der Waals surface area contributed by atoms with E-state index in [2.05, 4.69) is 11.5 Å².